The van der Waals surface area contributed by atoms with Crippen LogP contribution in [0.25, 0.3) is 6.08 Å². The number of hydrogen-bond donors (Lipinski definition) is 1. The molecule has 0 radical (unpaired) electrons. The molecule has 24 heavy (non-hydrogen) atoms. The van der Waals surface area contributed by atoms with Gasteiger partial charge in [-0.15, -0.1) is 11.3 Å². The van der Waals surface area contributed by atoms with E-state index in [0.29, 0.717) is 15.7 Å². The van der Waals surface area contributed by atoms with E-state index in [9.17, 15) is 10.1 Å². The highest BCUT2D eigenvalue weighted by molar-refractivity contribution is 7.16. The highest BCUT2D eigenvalue weighted by atomic mass is 35.5. The zero-order valence-corrected chi connectivity index (χ0v) is 15.1. The van der Waals surface area contributed by atoms with E-state index in [1.54, 1.807) is 17.8 Å². The van der Waals surface area contributed by atoms with Crippen LogP contribution in [0.4, 0.5) is 5.00 Å². The highest BCUT2D eigenvalue weighted by Crippen LogP contribution is 2.37. The van der Waals surface area contributed by atoms with Crippen LogP contribution in [-0.4, -0.2) is 15.7 Å². The number of rotatable bonds is 3. The van der Waals surface area contributed by atoms with Crippen LogP contribution in [0.5, 0.6) is 0 Å². The summed E-state index contributed by atoms with van der Waals surface area (Å²) in [6, 6.07) is 2.24. The summed E-state index contributed by atoms with van der Waals surface area (Å²) in [6.45, 7) is 1.84. The molecule has 2 heterocycles. The number of aromatic nitrogens is 2. The second kappa shape index (κ2) is 6.80. The maximum absolute atomic E-state index is 12.2. The first-order valence-electron chi connectivity index (χ1n) is 7.74. The minimum atomic E-state index is -0.274. The van der Waals surface area contributed by atoms with Crippen molar-refractivity contribution in [1.82, 2.24) is 9.78 Å². The number of nitriles is 1. The Morgan fingerprint density at radius 3 is 2.88 bits per heavy atom. The summed E-state index contributed by atoms with van der Waals surface area (Å²) in [5.41, 5.74) is 3.21. The molecule has 0 atom stereocenters. The molecule has 3 rings (SSSR count). The lowest BCUT2D eigenvalue weighted by molar-refractivity contribution is -0.111. The minimum Gasteiger partial charge on any atom is -0.313 e. The summed E-state index contributed by atoms with van der Waals surface area (Å²) >= 11 is 7.67. The van der Waals surface area contributed by atoms with Crippen LogP contribution in [0.3, 0.4) is 0 Å². The average molecular weight is 361 g/mol. The third-order valence-electron chi connectivity index (χ3n) is 4.12. The molecular weight excluding hydrogens is 344 g/mol. The standard InChI is InChI=1S/C17H17ClN4OS/c1-10-11(16(18)22(2)21-10)7-8-15(23)20-17-13(9-19)12-5-3-4-6-14(12)24-17/h7-8H,3-6H2,1-2H3,(H,20,23)/b8-7+. The molecule has 1 aliphatic rings. The van der Waals surface area contributed by atoms with Crippen molar-refractivity contribution in [1.29, 1.82) is 5.26 Å². The molecule has 0 aliphatic heterocycles. The van der Waals surface area contributed by atoms with Crippen molar-refractivity contribution in [3.8, 4) is 6.07 Å². The van der Waals surface area contributed by atoms with Crippen molar-refractivity contribution >= 4 is 39.9 Å². The summed E-state index contributed by atoms with van der Waals surface area (Å²) < 4.78 is 1.57. The minimum absolute atomic E-state index is 0.274. The maximum Gasteiger partial charge on any atom is 0.249 e. The van der Waals surface area contributed by atoms with Gasteiger partial charge in [-0.1, -0.05) is 11.6 Å². The molecule has 1 aliphatic carbocycles. The number of carbonyl (C=O) groups is 1. The molecule has 1 amide bonds. The van der Waals surface area contributed by atoms with Crippen molar-refractivity contribution < 1.29 is 4.79 Å². The number of nitrogens with one attached hydrogen (secondary N) is 1. The van der Waals surface area contributed by atoms with Gasteiger partial charge in [0.1, 0.15) is 16.2 Å². The molecule has 0 spiro atoms. The van der Waals surface area contributed by atoms with Gasteiger partial charge < -0.3 is 5.32 Å². The number of hydrogen-bond acceptors (Lipinski definition) is 4. The number of amides is 1. The van der Waals surface area contributed by atoms with Gasteiger partial charge in [-0.2, -0.15) is 10.4 Å². The van der Waals surface area contributed by atoms with Crippen LogP contribution in [0.2, 0.25) is 5.15 Å². The van der Waals surface area contributed by atoms with E-state index >= 15 is 0 Å². The summed E-state index contributed by atoms with van der Waals surface area (Å²) in [4.78, 5) is 13.5. The monoisotopic (exact) mass is 360 g/mol. The summed E-state index contributed by atoms with van der Waals surface area (Å²) in [5, 5.41) is 17.6. The Kier molecular flexibility index (Phi) is 4.74. The van der Waals surface area contributed by atoms with E-state index in [1.165, 1.54) is 22.3 Å². The number of thiophene rings is 1. The fourth-order valence-corrected chi connectivity index (χ4v) is 4.40. The second-order valence-corrected chi connectivity index (χ2v) is 7.23. The molecule has 0 aromatic carbocycles. The molecule has 7 heteroatoms. The molecular formula is C17H17ClN4OS. The fraction of sp³-hybridized carbons (Fsp3) is 0.353. The van der Waals surface area contributed by atoms with Crippen molar-refractivity contribution in [2.75, 3.05) is 5.32 Å². The third-order valence-corrected chi connectivity index (χ3v) is 5.77. The van der Waals surface area contributed by atoms with Crippen LogP contribution in [0.15, 0.2) is 6.08 Å². The largest absolute Gasteiger partial charge is 0.313 e. The van der Waals surface area contributed by atoms with Crippen molar-refractivity contribution in [3.05, 3.63) is 38.5 Å². The van der Waals surface area contributed by atoms with Gasteiger partial charge in [0.05, 0.1) is 11.3 Å². The highest BCUT2D eigenvalue weighted by Gasteiger charge is 2.21. The number of halogens is 1. The van der Waals surface area contributed by atoms with Crippen LogP contribution in [-0.2, 0) is 24.7 Å². The van der Waals surface area contributed by atoms with Crippen LogP contribution in [0, 0.1) is 18.3 Å². The van der Waals surface area contributed by atoms with Gasteiger partial charge in [0.25, 0.3) is 0 Å². The summed E-state index contributed by atoms with van der Waals surface area (Å²) in [5.74, 6) is -0.274. The van der Waals surface area contributed by atoms with Crippen LogP contribution in [0.1, 0.15) is 40.1 Å². The van der Waals surface area contributed by atoms with Crippen molar-refractivity contribution in [2.24, 2.45) is 7.05 Å². The van der Waals surface area contributed by atoms with Crippen molar-refractivity contribution in [3.63, 3.8) is 0 Å². The molecule has 0 saturated heterocycles. The van der Waals surface area contributed by atoms with Gasteiger partial charge in [0.2, 0.25) is 5.91 Å². The molecule has 2 aromatic heterocycles. The van der Waals surface area contributed by atoms with Crippen LogP contribution >= 0.6 is 22.9 Å². The third kappa shape index (κ3) is 3.10. The molecule has 5 nitrogen and oxygen atoms in total. The fourth-order valence-electron chi connectivity index (χ4n) is 2.92. The summed E-state index contributed by atoms with van der Waals surface area (Å²) in [7, 11) is 1.75. The molecule has 124 valence electrons. The van der Waals surface area contributed by atoms with Gasteiger partial charge >= 0.3 is 0 Å². The first kappa shape index (κ1) is 16.7. The summed E-state index contributed by atoms with van der Waals surface area (Å²) in [6.07, 6.45) is 7.24. The normalized spacial score (nSPS) is 13.8. The maximum atomic E-state index is 12.2. The Morgan fingerprint density at radius 1 is 1.46 bits per heavy atom. The molecule has 0 unspecified atom stereocenters. The Labute approximate surface area is 149 Å². The van der Waals surface area contributed by atoms with E-state index in [4.69, 9.17) is 11.6 Å². The Hall–Kier alpha value is -2.10. The van der Waals surface area contributed by atoms with Gasteiger partial charge in [0, 0.05) is 23.6 Å². The molecule has 0 bridgehead atoms. The second-order valence-electron chi connectivity index (χ2n) is 5.76. The van der Waals surface area contributed by atoms with E-state index < -0.39 is 0 Å². The average Bonchev–Trinajstić information content (AvgIpc) is 3.02. The number of carbonyl (C=O) groups excluding carboxylic acids is 1. The lowest BCUT2D eigenvalue weighted by Gasteiger charge is -2.09. The van der Waals surface area contributed by atoms with Gasteiger partial charge in [-0.3, -0.25) is 9.48 Å². The number of nitrogens with zero attached hydrogens (tertiary/aromatic N) is 3. The molecule has 0 fully saturated rings. The van der Waals surface area contributed by atoms with Crippen LogP contribution < -0.4 is 5.32 Å². The Bertz CT molecular complexity index is 872. The Balaban J connectivity index is 1.79. The number of aryl methyl sites for hydroxylation is 3. The number of anilines is 1. The van der Waals surface area contributed by atoms with Gasteiger partial charge in [-0.05, 0) is 44.2 Å². The lowest BCUT2D eigenvalue weighted by atomic mass is 9.96. The van der Waals surface area contributed by atoms with Crippen molar-refractivity contribution in [2.45, 2.75) is 32.6 Å². The molecule has 0 saturated carbocycles. The van der Waals surface area contributed by atoms with E-state index in [-0.39, 0.29) is 5.91 Å². The van der Waals surface area contributed by atoms with E-state index in [0.717, 1.165) is 42.5 Å². The predicted octanol–water partition coefficient (Wildman–Crippen LogP) is 3.85. The SMILES string of the molecule is Cc1nn(C)c(Cl)c1/C=C/C(=O)Nc1sc2c(c1C#N)CCCC2. The van der Waals surface area contributed by atoms with Gasteiger partial charge in [-0.25, -0.2) is 0 Å². The topological polar surface area (TPSA) is 70.7 Å². The van der Waals surface area contributed by atoms with Gasteiger partial charge in [0.15, 0.2) is 0 Å². The lowest BCUT2D eigenvalue weighted by Crippen LogP contribution is -2.08. The number of fused-ring (bicyclic) bond motifs is 1. The predicted molar refractivity (Wildman–Crippen MR) is 96.3 cm³/mol. The first-order valence-corrected chi connectivity index (χ1v) is 8.93. The first-order chi connectivity index (χ1) is 11.5. The molecule has 2 aromatic rings. The Morgan fingerprint density at radius 2 is 2.21 bits per heavy atom. The van der Waals surface area contributed by atoms with E-state index in [2.05, 4.69) is 16.5 Å². The zero-order valence-electron chi connectivity index (χ0n) is 13.5. The van der Waals surface area contributed by atoms with E-state index in [1.807, 2.05) is 6.92 Å². The quantitative estimate of drug-likeness (QED) is 0.845. The molecule has 1 N–H and O–H groups in total. The zero-order chi connectivity index (χ0) is 17.3. The smallest absolute Gasteiger partial charge is 0.249 e.